The topological polar surface area (TPSA) is 38.9 Å². The third kappa shape index (κ3) is 3.07. The van der Waals surface area contributed by atoms with E-state index in [-0.39, 0.29) is 0 Å². The van der Waals surface area contributed by atoms with Crippen LogP contribution in [-0.4, -0.2) is 10.2 Å². The maximum atomic E-state index is 5.39. The monoisotopic (exact) mass is 252 g/mol. The van der Waals surface area contributed by atoms with Crippen molar-refractivity contribution in [3.8, 4) is 11.5 Å². The highest BCUT2D eigenvalue weighted by molar-refractivity contribution is 5.75. The SMILES string of the molecule is C=C/C(=C\C=C/C)c1ccc(-c2nnc(C)o2)cc1. The van der Waals surface area contributed by atoms with Crippen molar-refractivity contribution in [1.29, 1.82) is 0 Å². The molecule has 2 rings (SSSR count). The maximum Gasteiger partial charge on any atom is 0.247 e. The van der Waals surface area contributed by atoms with Gasteiger partial charge < -0.3 is 4.42 Å². The molecule has 1 aromatic heterocycles. The molecular weight excluding hydrogens is 236 g/mol. The molecule has 0 saturated heterocycles. The summed E-state index contributed by atoms with van der Waals surface area (Å²) < 4.78 is 5.39. The highest BCUT2D eigenvalue weighted by atomic mass is 16.4. The number of rotatable bonds is 4. The zero-order chi connectivity index (χ0) is 13.7. The van der Waals surface area contributed by atoms with Gasteiger partial charge in [0.2, 0.25) is 11.8 Å². The van der Waals surface area contributed by atoms with Crippen LogP contribution in [0.4, 0.5) is 0 Å². The van der Waals surface area contributed by atoms with E-state index in [1.54, 1.807) is 6.92 Å². The normalized spacial score (nSPS) is 12.0. The summed E-state index contributed by atoms with van der Waals surface area (Å²) in [5.41, 5.74) is 3.10. The van der Waals surface area contributed by atoms with Crippen molar-refractivity contribution in [2.45, 2.75) is 13.8 Å². The molecule has 2 aromatic rings. The van der Waals surface area contributed by atoms with Crippen LogP contribution in [0.1, 0.15) is 18.4 Å². The van der Waals surface area contributed by atoms with Gasteiger partial charge in [-0.3, -0.25) is 0 Å². The Morgan fingerprint density at radius 2 is 1.95 bits per heavy atom. The summed E-state index contributed by atoms with van der Waals surface area (Å²) in [5, 5.41) is 7.82. The van der Waals surface area contributed by atoms with E-state index in [0.717, 1.165) is 16.7 Å². The molecule has 0 aliphatic rings. The number of aromatic nitrogens is 2. The van der Waals surface area contributed by atoms with Gasteiger partial charge in [0.1, 0.15) is 0 Å². The van der Waals surface area contributed by atoms with Crippen LogP contribution in [0.5, 0.6) is 0 Å². The van der Waals surface area contributed by atoms with Crippen molar-refractivity contribution in [2.24, 2.45) is 0 Å². The number of benzene rings is 1. The lowest BCUT2D eigenvalue weighted by Crippen LogP contribution is -1.82. The van der Waals surface area contributed by atoms with E-state index < -0.39 is 0 Å². The lowest BCUT2D eigenvalue weighted by atomic mass is 10.0. The fourth-order valence-corrected chi connectivity index (χ4v) is 1.70. The van der Waals surface area contributed by atoms with Crippen molar-refractivity contribution < 1.29 is 4.42 Å². The van der Waals surface area contributed by atoms with E-state index in [1.807, 2.05) is 55.5 Å². The zero-order valence-electron chi connectivity index (χ0n) is 11.1. The molecule has 3 nitrogen and oxygen atoms in total. The smallest absolute Gasteiger partial charge is 0.247 e. The molecule has 0 unspecified atom stereocenters. The van der Waals surface area contributed by atoms with Gasteiger partial charge in [0.15, 0.2) is 0 Å². The predicted molar refractivity (Wildman–Crippen MR) is 77.5 cm³/mol. The van der Waals surface area contributed by atoms with Crippen LogP contribution in [0.15, 0.2) is 59.6 Å². The van der Waals surface area contributed by atoms with Gasteiger partial charge in [-0.1, -0.05) is 43.0 Å². The first kappa shape index (κ1) is 13.0. The minimum atomic E-state index is 0.543. The number of aryl methyl sites for hydroxylation is 1. The second kappa shape index (κ2) is 5.96. The summed E-state index contributed by atoms with van der Waals surface area (Å²) in [6.07, 6.45) is 7.84. The van der Waals surface area contributed by atoms with Gasteiger partial charge >= 0.3 is 0 Å². The number of nitrogens with zero attached hydrogens (tertiary/aromatic N) is 2. The molecule has 1 heterocycles. The summed E-state index contributed by atoms with van der Waals surface area (Å²) in [6.45, 7) is 7.59. The van der Waals surface area contributed by atoms with Crippen LogP contribution in [0.2, 0.25) is 0 Å². The molecule has 0 fully saturated rings. The van der Waals surface area contributed by atoms with Crippen LogP contribution in [-0.2, 0) is 0 Å². The number of allylic oxidation sites excluding steroid dienone is 5. The second-order valence-electron chi connectivity index (χ2n) is 4.06. The van der Waals surface area contributed by atoms with Crippen molar-refractivity contribution in [1.82, 2.24) is 10.2 Å². The summed E-state index contributed by atoms with van der Waals surface area (Å²) in [4.78, 5) is 0. The highest BCUT2D eigenvalue weighted by Gasteiger charge is 2.05. The molecule has 0 N–H and O–H groups in total. The fraction of sp³-hybridized carbons (Fsp3) is 0.125. The van der Waals surface area contributed by atoms with Gasteiger partial charge in [0.25, 0.3) is 0 Å². The van der Waals surface area contributed by atoms with Crippen molar-refractivity contribution >= 4 is 5.57 Å². The molecule has 0 amide bonds. The van der Waals surface area contributed by atoms with Crippen LogP contribution in [0, 0.1) is 6.92 Å². The largest absolute Gasteiger partial charge is 0.421 e. The van der Waals surface area contributed by atoms with E-state index in [4.69, 9.17) is 4.42 Å². The highest BCUT2D eigenvalue weighted by Crippen LogP contribution is 2.22. The van der Waals surface area contributed by atoms with E-state index in [0.29, 0.717) is 11.8 Å². The van der Waals surface area contributed by atoms with Crippen LogP contribution >= 0.6 is 0 Å². The molecule has 0 spiro atoms. The van der Waals surface area contributed by atoms with E-state index in [9.17, 15) is 0 Å². The second-order valence-corrected chi connectivity index (χ2v) is 4.06. The van der Waals surface area contributed by atoms with Gasteiger partial charge in [0, 0.05) is 12.5 Å². The molecule has 19 heavy (non-hydrogen) atoms. The van der Waals surface area contributed by atoms with Gasteiger partial charge in [-0.2, -0.15) is 0 Å². The zero-order valence-corrected chi connectivity index (χ0v) is 11.1. The van der Waals surface area contributed by atoms with Gasteiger partial charge in [-0.05, 0) is 30.2 Å². The van der Waals surface area contributed by atoms with E-state index in [1.165, 1.54) is 0 Å². The van der Waals surface area contributed by atoms with Gasteiger partial charge in [-0.25, -0.2) is 0 Å². The molecule has 1 aromatic carbocycles. The van der Waals surface area contributed by atoms with Crippen molar-refractivity contribution in [3.05, 3.63) is 66.6 Å². The standard InChI is InChI=1S/C16H16N2O/c1-4-6-7-13(5-2)14-8-10-15(11-9-14)16-18-17-12(3)19-16/h4-11H,2H2,1,3H3/b6-4-,13-7+. The maximum absolute atomic E-state index is 5.39. The third-order valence-electron chi connectivity index (χ3n) is 2.68. The minimum Gasteiger partial charge on any atom is -0.421 e. The lowest BCUT2D eigenvalue weighted by Gasteiger charge is -2.02. The number of hydrogen-bond donors (Lipinski definition) is 0. The van der Waals surface area contributed by atoms with E-state index in [2.05, 4.69) is 16.8 Å². The Morgan fingerprint density at radius 1 is 1.21 bits per heavy atom. The molecule has 0 aliphatic heterocycles. The molecule has 0 atom stereocenters. The predicted octanol–water partition coefficient (Wildman–Crippen LogP) is 4.19. The third-order valence-corrected chi connectivity index (χ3v) is 2.68. The van der Waals surface area contributed by atoms with Gasteiger partial charge in [-0.15, -0.1) is 10.2 Å². The Morgan fingerprint density at radius 3 is 2.47 bits per heavy atom. The molecule has 0 bridgehead atoms. The first-order valence-corrected chi connectivity index (χ1v) is 6.11. The van der Waals surface area contributed by atoms with Crippen LogP contribution in [0.25, 0.3) is 17.0 Å². The summed E-state index contributed by atoms with van der Waals surface area (Å²) in [5.74, 6) is 1.11. The van der Waals surface area contributed by atoms with Crippen LogP contribution < -0.4 is 0 Å². The van der Waals surface area contributed by atoms with Crippen molar-refractivity contribution in [2.75, 3.05) is 0 Å². The molecule has 3 heteroatoms. The molecular formula is C16H16N2O. The van der Waals surface area contributed by atoms with Crippen LogP contribution in [0.3, 0.4) is 0 Å². The molecule has 0 radical (unpaired) electrons. The quantitative estimate of drug-likeness (QED) is 0.766. The Hall–Kier alpha value is -2.42. The fourth-order valence-electron chi connectivity index (χ4n) is 1.70. The molecule has 0 saturated carbocycles. The Bertz CT molecular complexity index is 618. The Labute approximate surface area is 113 Å². The summed E-state index contributed by atoms with van der Waals surface area (Å²) in [6, 6.07) is 7.97. The Kier molecular flexibility index (Phi) is 4.08. The number of hydrogen-bond acceptors (Lipinski definition) is 3. The molecule has 96 valence electrons. The van der Waals surface area contributed by atoms with Crippen molar-refractivity contribution in [3.63, 3.8) is 0 Å². The lowest BCUT2D eigenvalue weighted by molar-refractivity contribution is 0.533. The Balaban J connectivity index is 2.30. The average Bonchev–Trinajstić information content (AvgIpc) is 2.87. The summed E-state index contributed by atoms with van der Waals surface area (Å²) in [7, 11) is 0. The van der Waals surface area contributed by atoms with E-state index >= 15 is 0 Å². The summed E-state index contributed by atoms with van der Waals surface area (Å²) >= 11 is 0. The molecule has 0 aliphatic carbocycles. The first-order valence-electron chi connectivity index (χ1n) is 6.11. The first-order chi connectivity index (χ1) is 9.24. The van der Waals surface area contributed by atoms with Gasteiger partial charge in [0.05, 0.1) is 0 Å². The average molecular weight is 252 g/mol. The minimum absolute atomic E-state index is 0.543.